The smallest absolute Gasteiger partial charge is 0.0625 e. The zero-order chi connectivity index (χ0) is 43.3. The van der Waals surface area contributed by atoms with Gasteiger partial charge in [0.05, 0.1) is 22.1 Å². The van der Waals surface area contributed by atoms with Gasteiger partial charge in [0.2, 0.25) is 0 Å². The maximum absolute atomic E-state index is 2.53. The Morgan fingerprint density at radius 2 is 0.606 bits per heavy atom. The lowest BCUT2D eigenvalue weighted by atomic mass is 9.86. The standard InChI is InChI=1S/C64H40N2/c1-3-17-41(18-4-1)61-52-25-10-12-27-54(52)62(55-28-13-11-26-53(55)61)42-31-35-46(36-32-42)66-60-40-44(34-38-57(60)63-51-24-9-7-21-47(51)48-22-8-14-29-56(48)64(63)66)43-33-37-50-49-23-15-16-30-58(49)65(59(50)39-43)45-19-5-2-6-20-45/h1-40H. The molecule has 0 saturated carbocycles. The van der Waals surface area contributed by atoms with Crippen LogP contribution >= 0.6 is 0 Å². The predicted octanol–water partition coefficient (Wildman–Crippen LogP) is 17.5. The van der Waals surface area contributed by atoms with Crippen molar-refractivity contribution in [3.63, 3.8) is 0 Å². The average molecular weight is 837 g/mol. The molecule has 2 aromatic heterocycles. The highest BCUT2D eigenvalue weighted by Gasteiger charge is 2.22. The first-order valence-electron chi connectivity index (χ1n) is 22.8. The Labute approximate surface area is 381 Å². The van der Waals surface area contributed by atoms with Gasteiger partial charge in [-0.05, 0) is 114 Å². The van der Waals surface area contributed by atoms with Crippen LogP contribution in [0.5, 0.6) is 0 Å². The fourth-order valence-electron chi connectivity index (χ4n) is 11.3. The highest BCUT2D eigenvalue weighted by atomic mass is 15.0. The molecule has 0 unspecified atom stereocenters. The molecule has 0 spiro atoms. The second-order valence-corrected chi connectivity index (χ2v) is 17.6. The fraction of sp³-hybridized carbons (Fsp3) is 0. The summed E-state index contributed by atoms with van der Waals surface area (Å²) in [5.41, 5.74) is 14.4. The van der Waals surface area contributed by atoms with Gasteiger partial charge in [-0.25, -0.2) is 0 Å². The number of para-hydroxylation sites is 2. The van der Waals surface area contributed by atoms with Crippen molar-refractivity contribution in [1.82, 2.24) is 9.13 Å². The topological polar surface area (TPSA) is 9.86 Å². The highest BCUT2D eigenvalue weighted by Crippen LogP contribution is 2.46. The number of rotatable bonds is 5. The molecular formula is C64H40N2. The quantitative estimate of drug-likeness (QED) is 0.121. The molecule has 0 bridgehead atoms. The van der Waals surface area contributed by atoms with Crippen LogP contribution < -0.4 is 0 Å². The molecule has 0 amide bonds. The van der Waals surface area contributed by atoms with Gasteiger partial charge in [-0.3, -0.25) is 0 Å². The second-order valence-electron chi connectivity index (χ2n) is 17.6. The first kappa shape index (κ1) is 36.7. The first-order valence-corrected chi connectivity index (χ1v) is 22.8. The molecule has 0 aliphatic rings. The van der Waals surface area contributed by atoms with Crippen LogP contribution in [0.4, 0.5) is 0 Å². The zero-order valence-electron chi connectivity index (χ0n) is 36.0. The van der Waals surface area contributed by atoms with Crippen LogP contribution in [0.15, 0.2) is 243 Å². The largest absolute Gasteiger partial charge is 0.309 e. The van der Waals surface area contributed by atoms with Crippen molar-refractivity contribution < 1.29 is 0 Å². The van der Waals surface area contributed by atoms with E-state index in [0.29, 0.717) is 0 Å². The summed E-state index contributed by atoms with van der Waals surface area (Å²) in [6.07, 6.45) is 0. The van der Waals surface area contributed by atoms with Crippen LogP contribution in [0.25, 0.3) is 131 Å². The molecule has 14 rings (SSSR count). The predicted molar refractivity (Wildman–Crippen MR) is 281 cm³/mol. The number of nitrogens with zero attached hydrogens (tertiary/aromatic N) is 2. The normalized spacial score (nSPS) is 11.9. The highest BCUT2D eigenvalue weighted by molar-refractivity contribution is 6.32. The zero-order valence-corrected chi connectivity index (χ0v) is 36.0. The number of hydrogen-bond donors (Lipinski definition) is 0. The minimum Gasteiger partial charge on any atom is -0.309 e. The maximum atomic E-state index is 2.53. The first-order chi connectivity index (χ1) is 32.8. The van der Waals surface area contributed by atoms with E-state index in [4.69, 9.17) is 0 Å². The summed E-state index contributed by atoms with van der Waals surface area (Å²) >= 11 is 0. The molecule has 306 valence electrons. The Kier molecular flexibility index (Phi) is 8.02. The third-order valence-corrected chi connectivity index (χ3v) is 14.1. The van der Waals surface area contributed by atoms with Crippen LogP contribution in [0, 0.1) is 0 Å². The monoisotopic (exact) mass is 836 g/mol. The average Bonchev–Trinajstić information content (AvgIpc) is 3.91. The molecule has 2 heterocycles. The van der Waals surface area contributed by atoms with Gasteiger partial charge < -0.3 is 9.13 Å². The van der Waals surface area contributed by atoms with Gasteiger partial charge in [0, 0.05) is 38.3 Å². The van der Waals surface area contributed by atoms with Gasteiger partial charge in [-0.2, -0.15) is 0 Å². The van der Waals surface area contributed by atoms with Crippen molar-refractivity contribution in [3.8, 4) is 44.8 Å². The van der Waals surface area contributed by atoms with Crippen LogP contribution in [-0.4, -0.2) is 9.13 Å². The van der Waals surface area contributed by atoms with E-state index < -0.39 is 0 Å². The van der Waals surface area contributed by atoms with Crippen molar-refractivity contribution in [2.75, 3.05) is 0 Å². The summed E-state index contributed by atoms with van der Waals surface area (Å²) < 4.78 is 4.94. The van der Waals surface area contributed by atoms with Crippen molar-refractivity contribution in [1.29, 1.82) is 0 Å². The molecule has 0 aliphatic heterocycles. The third kappa shape index (κ3) is 5.36. The van der Waals surface area contributed by atoms with Crippen LogP contribution in [0.1, 0.15) is 0 Å². The Bertz CT molecular complexity index is 4190. The number of aromatic nitrogens is 2. The van der Waals surface area contributed by atoms with E-state index in [9.17, 15) is 0 Å². The lowest BCUT2D eigenvalue weighted by Crippen LogP contribution is -1.96. The molecule has 0 fully saturated rings. The van der Waals surface area contributed by atoms with Crippen molar-refractivity contribution in [3.05, 3.63) is 243 Å². The van der Waals surface area contributed by atoms with E-state index in [1.165, 1.54) is 120 Å². The van der Waals surface area contributed by atoms with Gasteiger partial charge >= 0.3 is 0 Å². The lowest BCUT2D eigenvalue weighted by Gasteiger charge is -2.18. The van der Waals surface area contributed by atoms with Gasteiger partial charge in [0.25, 0.3) is 0 Å². The van der Waals surface area contributed by atoms with E-state index in [2.05, 4.69) is 252 Å². The van der Waals surface area contributed by atoms with Gasteiger partial charge in [0.1, 0.15) is 0 Å². The maximum Gasteiger partial charge on any atom is 0.0625 e. The molecule has 14 aromatic rings. The van der Waals surface area contributed by atoms with Crippen LogP contribution in [0.2, 0.25) is 0 Å². The van der Waals surface area contributed by atoms with Crippen molar-refractivity contribution in [2.45, 2.75) is 0 Å². The Morgan fingerprint density at radius 3 is 1.21 bits per heavy atom. The summed E-state index contributed by atoms with van der Waals surface area (Å²) in [5.74, 6) is 0. The summed E-state index contributed by atoms with van der Waals surface area (Å²) in [6, 6.07) is 89.5. The van der Waals surface area contributed by atoms with Gasteiger partial charge in [-0.1, -0.05) is 200 Å². The van der Waals surface area contributed by atoms with Crippen molar-refractivity contribution >= 4 is 86.7 Å². The molecule has 2 heteroatoms. The number of fused-ring (bicyclic) bond motifs is 13. The van der Waals surface area contributed by atoms with E-state index in [1.54, 1.807) is 0 Å². The van der Waals surface area contributed by atoms with E-state index >= 15 is 0 Å². The van der Waals surface area contributed by atoms with E-state index in [-0.39, 0.29) is 0 Å². The molecule has 2 nitrogen and oxygen atoms in total. The summed E-state index contributed by atoms with van der Waals surface area (Å²) in [4.78, 5) is 0. The molecule has 66 heavy (non-hydrogen) atoms. The Morgan fingerprint density at radius 1 is 0.212 bits per heavy atom. The lowest BCUT2D eigenvalue weighted by molar-refractivity contribution is 1.18. The molecule has 12 aromatic carbocycles. The molecule has 0 atom stereocenters. The molecule has 0 saturated heterocycles. The minimum absolute atomic E-state index is 1.13. The van der Waals surface area contributed by atoms with E-state index in [0.717, 1.165) is 11.4 Å². The Balaban J connectivity index is 1.02. The SMILES string of the molecule is c1ccc(-c2c3ccccc3c(-c3ccc(-n4c5cc(-c6ccc7c8ccccc8n(-c8ccccc8)c7c6)ccc5c5c6ccccc6c6ccccc6c54)cc3)c3ccccc23)cc1. The molecule has 0 radical (unpaired) electrons. The van der Waals surface area contributed by atoms with E-state index in [1.807, 2.05) is 0 Å². The molecular weight excluding hydrogens is 797 g/mol. The summed E-state index contributed by atoms with van der Waals surface area (Å²) in [7, 11) is 0. The van der Waals surface area contributed by atoms with Crippen molar-refractivity contribution in [2.24, 2.45) is 0 Å². The van der Waals surface area contributed by atoms with Crippen LogP contribution in [0.3, 0.4) is 0 Å². The fourth-order valence-corrected chi connectivity index (χ4v) is 11.3. The third-order valence-electron chi connectivity index (χ3n) is 14.1. The van der Waals surface area contributed by atoms with Gasteiger partial charge in [-0.15, -0.1) is 0 Å². The summed E-state index contributed by atoms with van der Waals surface area (Å²) in [6.45, 7) is 0. The second kappa shape index (κ2) is 14.4. The summed E-state index contributed by atoms with van der Waals surface area (Å²) in [5, 5.41) is 15.1. The Hall–Kier alpha value is -8.72. The van der Waals surface area contributed by atoms with Gasteiger partial charge in [0.15, 0.2) is 0 Å². The van der Waals surface area contributed by atoms with Crippen LogP contribution in [-0.2, 0) is 0 Å². The number of hydrogen-bond acceptors (Lipinski definition) is 0. The molecule has 0 aliphatic carbocycles. The molecule has 0 N–H and O–H groups in total. The number of benzene rings is 12. The minimum atomic E-state index is 1.13.